The Morgan fingerprint density at radius 3 is 2.67 bits per heavy atom. The molecule has 0 radical (unpaired) electrons. The predicted molar refractivity (Wildman–Crippen MR) is 109 cm³/mol. The van der Waals surface area contributed by atoms with E-state index in [4.69, 9.17) is 4.98 Å². The van der Waals surface area contributed by atoms with Gasteiger partial charge in [-0.3, -0.25) is 15.0 Å². The predicted octanol–water partition coefficient (Wildman–Crippen LogP) is 4.32. The lowest BCUT2D eigenvalue weighted by Crippen LogP contribution is -2.36. The van der Waals surface area contributed by atoms with Gasteiger partial charge >= 0.3 is 0 Å². The van der Waals surface area contributed by atoms with Gasteiger partial charge in [0, 0.05) is 16.5 Å². The second-order valence-electron chi connectivity index (χ2n) is 6.37. The number of carbonyl (C=O) groups is 2. The van der Waals surface area contributed by atoms with E-state index in [1.54, 1.807) is 29.6 Å². The Balaban J connectivity index is 1.86. The van der Waals surface area contributed by atoms with E-state index in [1.807, 2.05) is 24.4 Å². The maximum atomic E-state index is 12.3. The average molecular weight is 399 g/mol. The van der Waals surface area contributed by atoms with Crippen molar-refractivity contribution in [2.45, 2.75) is 33.6 Å². The second-order valence-corrected chi connectivity index (χ2v) is 8.40. The van der Waals surface area contributed by atoms with E-state index in [2.05, 4.69) is 17.3 Å². The van der Waals surface area contributed by atoms with Gasteiger partial charge in [-0.05, 0) is 37.3 Å². The molecular weight excluding hydrogens is 380 g/mol. The zero-order valence-corrected chi connectivity index (χ0v) is 16.8. The van der Waals surface area contributed by atoms with Gasteiger partial charge in [0.25, 0.3) is 11.8 Å². The van der Waals surface area contributed by atoms with Crippen molar-refractivity contribution >= 4 is 50.5 Å². The van der Waals surface area contributed by atoms with Crippen LogP contribution in [0.1, 0.15) is 30.7 Å². The molecule has 8 heteroatoms. The molecule has 0 unspecified atom stereocenters. The highest BCUT2D eigenvalue weighted by Gasteiger charge is 2.30. The number of nitrogens with zero attached hydrogens (tertiary/aromatic N) is 3. The normalized spacial score (nSPS) is 14.3. The summed E-state index contributed by atoms with van der Waals surface area (Å²) in [6.45, 7) is 5.81. The number of hydrazine groups is 1. The number of nitrogens with one attached hydrogen (secondary N) is 1. The first-order valence-corrected chi connectivity index (χ1v) is 10.4. The lowest BCUT2D eigenvalue weighted by Gasteiger charge is -2.17. The van der Waals surface area contributed by atoms with Crippen LogP contribution in [0, 0.1) is 6.92 Å². The Kier molecular flexibility index (Phi) is 4.53. The largest absolute Gasteiger partial charge is 0.275 e. The quantitative estimate of drug-likeness (QED) is 0.648. The number of aryl methyl sites for hydroxylation is 2. The molecule has 1 aliphatic heterocycles. The van der Waals surface area contributed by atoms with Gasteiger partial charge in [-0.25, -0.2) is 9.97 Å². The standard InChI is InChI=1S/C19H18N4O2S2/c1-4-6-12-11(3)15-17(22-23-14(24)9-10(2)19(23)25)20-16(21-18(15)27-12)13-7-5-8-26-13/h5,7-9H,4,6H2,1-3H3,(H,20,21,22). The summed E-state index contributed by atoms with van der Waals surface area (Å²) >= 11 is 3.20. The Morgan fingerprint density at radius 2 is 2.04 bits per heavy atom. The van der Waals surface area contributed by atoms with Crippen molar-refractivity contribution in [3.05, 3.63) is 39.6 Å². The summed E-state index contributed by atoms with van der Waals surface area (Å²) in [5.74, 6) is 0.340. The van der Waals surface area contributed by atoms with Crippen LogP contribution in [0.4, 0.5) is 5.82 Å². The maximum Gasteiger partial charge on any atom is 0.275 e. The Labute approximate surface area is 164 Å². The summed E-state index contributed by atoms with van der Waals surface area (Å²) in [4.78, 5) is 36.9. The molecule has 4 rings (SSSR count). The number of amides is 2. The fourth-order valence-electron chi connectivity index (χ4n) is 3.05. The Bertz CT molecular complexity index is 1080. The number of thiophene rings is 2. The molecule has 3 aromatic rings. The molecule has 0 atom stereocenters. The summed E-state index contributed by atoms with van der Waals surface area (Å²) in [6.07, 6.45) is 3.33. The molecule has 0 bridgehead atoms. The zero-order chi connectivity index (χ0) is 19.1. The number of fused-ring (bicyclic) bond motifs is 1. The molecule has 1 N–H and O–H groups in total. The topological polar surface area (TPSA) is 75.2 Å². The molecule has 0 aliphatic carbocycles. The molecule has 2 amide bonds. The number of imide groups is 1. The summed E-state index contributed by atoms with van der Waals surface area (Å²) in [6, 6.07) is 3.91. The first kappa shape index (κ1) is 17.8. The highest BCUT2D eigenvalue weighted by atomic mass is 32.1. The van der Waals surface area contributed by atoms with Gasteiger partial charge in [-0.2, -0.15) is 5.01 Å². The number of carbonyl (C=O) groups excluding carboxylic acids is 2. The zero-order valence-electron chi connectivity index (χ0n) is 15.2. The van der Waals surface area contributed by atoms with Crippen molar-refractivity contribution in [1.82, 2.24) is 15.0 Å². The van der Waals surface area contributed by atoms with E-state index < -0.39 is 0 Å². The molecule has 4 heterocycles. The monoisotopic (exact) mass is 398 g/mol. The van der Waals surface area contributed by atoms with Gasteiger partial charge in [-0.1, -0.05) is 19.4 Å². The SMILES string of the molecule is CCCc1sc2nc(-c3cccs3)nc(NN3C(=O)C=C(C)C3=O)c2c1C. The van der Waals surface area contributed by atoms with Crippen LogP contribution in [0.2, 0.25) is 0 Å². The maximum absolute atomic E-state index is 12.3. The molecule has 6 nitrogen and oxygen atoms in total. The van der Waals surface area contributed by atoms with E-state index in [-0.39, 0.29) is 11.8 Å². The molecule has 0 spiro atoms. The van der Waals surface area contributed by atoms with Crippen molar-refractivity contribution in [3.8, 4) is 10.7 Å². The third-order valence-electron chi connectivity index (χ3n) is 4.43. The molecule has 1 aliphatic rings. The minimum Gasteiger partial charge on any atom is -0.271 e. The first-order valence-electron chi connectivity index (χ1n) is 8.66. The molecule has 3 aromatic heterocycles. The Morgan fingerprint density at radius 1 is 1.22 bits per heavy atom. The van der Waals surface area contributed by atoms with Crippen LogP contribution in [0.5, 0.6) is 0 Å². The molecule has 0 aromatic carbocycles. The van der Waals surface area contributed by atoms with Crippen molar-refractivity contribution in [2.24, 2.45) is 0 Å². The molecular formula is C19H18N4O2S2. The van der Waals surface area contributed by atoms with Crippen molar-refractivity contribution in [3.63, 3.8) is 0 Å². The first-order chi connectivity index (χ1) is 13.0. The number of hydrogen-bond acceptors (Lipinski definition) is 7. The molecule has 0 saturated heterocycles. The van der Waals surface area contributed by atoms with Crippen LogP contribution in [-0.4, -0.2) is 26.8 Å². The smallest absolute Gasteiger partial charge is 0.271 e. The van der Waals surface area contributed by atoms with Crippen molar-refractivity contribution in [2.75, 3.05) is 5.43 Å². The van der Waals surface area contributed by atoms with Gasteiger partial charge in [0.15, 0.2) is 11.6 Å². The lowest BCUT2D eigenvalue weighted by molar-refractivity contribution is -0.135. The van der Waals surface area contributed by atoms with Crippen LogP contribution in [0.3, 0.4) is 0 Å². The van der Waals surface area contributed by atoms with Crippen LogP contribution in [0.25, 0.3) is 20.9 Å². The average Bonchev–Trinajstić information content (AvgIpc) is 3.33. The van der Waals surface area contributed by atoms with E-state index in [9.17, 15) is 9.59 Å². The summed E-state index contributed by atoms with van der Waals surface area (Å²) in [7, 11) is 0. The number of aromatic nitrogens is 2. The number of hydrogen-bond donors (Lipinski definition) is 1. The number of rotatable bonds is 5. The summed E-state index contributed by atoms with van der Waals surface area (Å²) in [5.41, 5.74) is 4.46. The van der Waals surface area contributed by atoms with E-state index in [0.29, 0.717) is 17.2 Å². The molecule has 27 heavy (non-hydrogen) atoms. The van der Waals surface area contributed by atoms with E-state index in [1.165, 1.54) is 11.0 Å². The van der Waals surface area contributed by atoms with Crippen LogP contribution in [0.15, 0.2) is 29.2 Å². The van der Waals surface area contributed by atoms with Crippen molar-refractivity contribution < 1.29 is 9.59 Å². The molecule has 138 valence electrons. The minimum absolute atomic E-state index is 0.355. The summed E-state index contributed by atoms with van der Waals surface area (Å²) in [5, 5.41) is 3.86. The van der Waals surface area contributed by atoms with E-state index in [0.717, 1.165) is 38.5 Å². The molecule has 0 saturated carbocycles. The van der Waals surface area contributed by atoms with Gasteiger partial charge in [0.2, 0.25) is 0 Å². The second kappa shape index (κ2) is 6.86. The van der Waals surface area contributed by atoms with Crippen LogP contribution >= 0.6 is 22.7 Å². The lowest BCUT2D eigenvalue weighted by atomic mass is 10.1. The fourth-order valence-corrected chi connectivity index (χ4v) is 4.98. The summed E-state index contributed by atoms with van der Waals surface area (Å²) < 4.78 is 0. The highest BCUT2D eigenvalue weighted by Crippen LogP contribution is 2.37. The van der Waals surface area contributed by atoms with Crippen LogP contribution in [-0.2, 0) is 16.0 Å². The van der Waals surface area contributed by atoms with Gasteiger partial charge in [0.05, 0.1) is 10.3 Å². The van der Waals surface area contributed by atoms with Crippen LogP contribution < -0.4 is 5.43 Å². The third-order valence-corrected chi connectivity index (χ3v) is 6.54. The Hall–Kier alpha value is -2.58. The minimum atomic E-state index is -0.386. The van der Waals surface area contributed by atoms with Gasteiger partial charge < -0.3 is 0 Å². The van der Waals surface area contributed by atoms with E-state index >= 15 is 0 Å². The fraction of sp³-hybridized carbons (Fsp3) is 0.263. The third kappa shape index (κ3) is 3.04. The van der Waals surface area contributed by atoms with Gasteiger partial charge in [-0.15, -0.1) is 22.7 Å². The van der Waals surface area contributed by atoms with Crippen molar-refractivity contribution in [1.29, 1.82) is 0 Å². The number of anilines is 1. The molecule has 0 fully saturated rings. The van der Waals surface area contributed by atoms with Gasteiger partial charge in [0.1, 0.15) is 4.83 Å². The highest BCUT2D eigenvalue weighted by molar-refractivity contribution is 7.19.